The van der Waals surface area contributed by atoms with Crippen LogP contribution in [-0.2, 0) is 9.47 Å². The Bertz CT molecular complexity index is 531. The lowest BCUT2D eigenvalue weighted by Gasteiger charge is -2.35. The maximum absolute atomic E-state index is 12.5. The molecule has 0 spiro atoms. The highest BCUT2D eigenvalue weighted by atomic mass is 35.5. The van der Waals surface area contributed by atoms with E-state index in [9.17, 15) is 4.79 Å². The first-order valence-electron chi connectivity index (χ1n) is 7.63. The van der Waals surface area contributed by atoms with Crippen LogP contribution in [0.3, 0.4) is 0 Å². The van der Waals surface area contributed by atoms with Gasteiger partial charge in [-0.1, -0.05) is 17.7 Å². The fourth-order valence-corrected chi connectivity index (χ4v) is 2.75. The number of para-hydroxylation sites is 1. The van der Waals surface area contributed by atoms with Crippen molar-refractivity contribution in [1.29, 1.82) is 0 Å². The summed E-state index contributed by atoms with van der Waals surface area (Å²) >= 11 is 6.17. The van der Waals surface area contributed by atoms with E-state index in [1.54, 1.807) is 30.2 Å². The number of urea groups is 1. The van der Waals surface area contributed by atoms with Crippen molar-refractivity contribution in [3.05, 3.63) is 23.2 Å². The Morgan fingerprint density at radius 3 is 2.70 bits per heavy atom. The zero-order valence-corrected chi connectivity index (χ0v) is 14.4. The van der Waals surface area contributed by atoms with Gasteiger partial charge in [-0.25, -0.2) is 4.79 Å². The molecular formula is C16H23ClN2O4. The average Bonchev–Trinajstić information content (AvgIpc) is 2.49. The number of hydrogen-bond acceptors (Lipinski definition) is 4. The Morgan fingerprint density at radius 1 is 1.35 bits per heavy atom. The van der Waals surface area contributed by atoms with E-state index in [2.05, 4.69) is 5.32 Å². The fraction of sp³-hybridized carbons (Fsp3) is 0.562. The highest BCUT2D eigenvalue weighted by Crippen LogP contribution is 2.33. The lowest BCUT2D eigenvalue weighted by molar-refractivity contribution is -0.0530. The maximum atomic E-state index is 12.5. The van der Waals surface area contributed by atoms with Crippen LogP contribution in [0.15, 0.2) is 18.2 Å². The highest BCUT2D eigenvalue weighted by molar-refractivity contribution is 6.32. The first kappa shape index (κ1) is 17.8. The normalized spacial score (nSPS) is 21.1. The van der Waals surface area contributed by atoms with Crippen LogP contribution in [0.4, 0.5) is 10.5 Å². The summed E-state index contributed by atoms with van der Waals surface area (Å²) in [6.07, 6.45) is 0.0302. The summed E-state index contributed by atoms with van der Waals surface area (Å²) in [7, 11) is 1.60. The van der Waals surface area contributed by atoms with Crippen molar-refractivity contribution in [2.45, 2.75) is 26.1 Å². The van der Waals surface area contributed by atoms with E-state index in [0.717, 1.165) is 0 Å². The monoisotopic (exact) mass is 342 g/mol. The number of hydrogen-bond donors (Lipinski definition) is 1. The van der Waals surface area contributed by atoms with Crippen molar-refractivity contribution >= 4 is 23.3 Å². The molecule has 0 radical (unpaired) electrons. The van der Waals surface area contributed by atoms with E-state index in [1.807, 2.05) is 13.8 Å². The summed E-state index contributed by atoms with van der Waals surface area (Å²) in [5, 5.41) is 3.32. The summed E-state index contributed by atoms with van der Waals surface area (Å²) in [5.74, 6) is 0.453. The predicted octanol–water partition coefficient (Wildman–Crippen LogP) is 3.01. The number of nitrogens with one attached hydrogen (secondary N) is 1. The molecule has 1 heterocycles. The van der Waals surface area contributed by atoms with Gasteiger partial charge in [0.1, 0.15) is 6.61 Å². The van der Waals surface area contributed by atoms with Crippen molar-refractivity contribution in [2.75, 3.05) is 38.7 Å². The molecule has 2 amide bonds. The number of halogens is 1. The van der Waals surface area contributed by atoms with Gasteiger partial charge in [0.25, 0.3) is 0 Å². The number of methoxy groups -OCH3 is 1. The molecule has 1 aliphatic heterocycles. The highest BCUT2D eigenvalue weighted by Gasteiger charge is 2.26. The number of amides is 2. The maximum Gasteiger partial charge on any atom is 0.322 e. The number of benzene rings is 1. The zero-order chi connectivity index (χ0) is 16.8. The topological polar surface area (TPSA) is 60.0 Å². The summed E-state index contributed by atoms with van der Waals surface area (Å²) in [4.78, 5) is 14.2. The quantitative estimate of drug-likeness (QED) is 0.836. The predicted molar refractivity (Wildman–Crippen MR) is 89.4 cm³/mol. The van der Waals surface area contributed by atoms with Crippen molar-refractivity contribution in [2.24, 2.45) is 0 Å². The lowest BCUT2D eigenvalue weighted by Crippen LogP contribution is -2.49. The standard InChI is InChI=1S/C16H23ClN2O4/c1-11-9-19(10-12(2)23-11)16(20)18-14-6-4-5-13(17)15(14)22-8-7-21-3/h4-6,11-12H,7-10H2,1-3H3,(H,18,20)/t11-,12-/m1/s1. The van der Waals surface area contributed by atoms with Gasteiger partial charge in [-0.2, -0.15) is 0 Å². The van der Waals surface area contributed by atoms with Gasteiger partial charge in [-0.3, -0.25) is 0 Å². The first-order chi connectivity index (χ1) is 11.0. The Kier molecular flexibility index (Phi) is 6.50. The van der Waals surface area contributed by atoms with Gasteiger partial charge >= 0.3 is 6.03 Å². The first-order valence-corrected chi connectivity index (χ1v) is 8.00. The van der Waals surface area contributed by atoms with Crippen LogP contribution < -0.4 is 10.1 Å². The largest absolute Gasteiger partial charge is 0.487 e. The summed E-state index contributed by atoms with van der Waals surface area (Å²) < 4.78 is 16.2. The number of carbonyl (C=O) groups is 1. The van der Waals surface area contributed by atoms with Crippen LogP contribution in [0.5, 0.6) is 5.75 Å². The third kappa shape index (κ3) is 4.99. The molecule has 6 nitrogen and oxygen atoms in total. The molecule has 1 aliphatic rings. The summed E-state index contributed by atoms with van der Waals surface area (Å²) in [6, 6.07) is 5.06. The van der Waals surface area contributed by atoms with Crippen LogP contribution in [0.25, 0.3) is 0 Å². The molecule has 23 heavy (non-hydrogen) atoms. The van der Waals surface area contributed by atoms with Crippen molar-refractivity contribution in [3.8, 4) is 5.75 Å². The van der Waals surface area contributed by atoms with Gasteiger partial charge in [0.15, 0.2) is 5.75 Å². The number of anilines is 1. The molecule has 1 aromatic carbocycles. The molecule has 1 saturated heterocycles. The van der Waals surface area contributed by atoms with E-state index in [1.165, 1.54) is 0 Å². The molecule has 7 heteroatoms. The molecule has 128 valence electrons. The molecule has 2 atom stereocenters. The van der Waals surface area contributed by atoms with E-state index in [0.29, 0.717) is 42.8 Å². The Hall–Kier alpha value is -1.50. The van der Waals surface area contributed by atoms with Gasteiger partial charge < -0.3 is 24.4 Å². The van der Waals surface area contributed by atoms with Crippen LogP contribution >= 0.6 is 11.6 Å². The second-order valence-corrected chi connectivity index (χ2v) is 5.96. The van der Waals surface area contributed by atoms with Crippen LogP contribution in [-0.4, -0.2) is 56.6 Å². The van der Waals surface area contributed by atoms with E-state index < -0.39 is 0 Å². The van der Waals surface area contributed by atoms with E-state index in [4.69, 9.17) is 25.8 Å². The smallest absolute Gasteiger partial charge is 0.322 e. The van der Waals surface area contributed by atoms with Gasteiger partial charge in [-0.05, 0) is 26.0 Å². The Balaban J connectivity index is 2.06. The molecule has 0 aliphatic carbocycles. The fourth-order valence-electron chi connectivity index (χ4n) is 2.52. The van der Waals surface area contributed by atoms with E-state index >= 15 is 0 Å². The third-order valence-corrected chi connectivity index (χ3v) is 3.75. The van der Waals surface area contributed by atoms with E-state index in [-0.39, 0.29) is 18.2 Å². The molecule has 0 aromatic heterocycles. The van der Waals surface area contributed by atoms with Crippen molar-refractivity contribution in [1.82, 2.24) is 4.90 Å². The Labute approximate surface area is 141 Å². The second-order valence-electron chi connectivity index (χ2n) is 5.55. The minimum absolute atomic E-state index is 0.0151. The van der Waals surface area contributed by atoms with Gasteiger partial charge in [0, 0.05) is 20.2 Å². The molecular weight excluding hydrogens is 320 g/mol. The summed E-state index contributed by atoms with van der Waals surface area (Å²) in [6.45, 7) is 5.81. The number of rotatable bonds is 5. The number of morpholine rings is 1. The van der Waals surface area contributed by atoms with Crippen LogP contribution in [0.1, 0.15) is 13.8 Å². The van der Waals surface area contributed by atoms with Crippen molar-refractivity contribution in [3.63, 3.8) is 0 Å². The van der Waals surface area contributed by atoms with Gasteiger partial charge in [0.05, 0.1) is 29.5 Å². The minimum Gasteiger partial charge on any atom is -0.487 e. The number of nitrogens with zero attached hydrogens (tertiary/aromatic N) is 1. The molecule has 1 fully saturated rings. The van der Waals surface area contributed by atoms with Crippen molar-refractivity contribution < 1.29 is 19.0 Å². The molecule has 1 aromatic rings. The van der Waals surface area contributed by atoms with Gasteiger partial charge in [-0.15, -0.1) is 0 Å². The molecule has 0 bridgehead atoms. The summed E-state index contributed by atoms with van der Waals surface area (Å²) in [5.41, 5.74) is 0.547. The van der Waals surface area contributed by atoms with Gasteiger partial charge in [0.2, 0.25) is 0 Å². The molecule has 0 unspecified atom stereocenters. The van der Waals surface area contributed by atoms with Crippen LogP contribution in [0, 0.1) is 0 Å². The molecule has 2 rings (SSSR count). The number of ether oxygens (including phenoxy) is 3. The Morgan fingerprint density at radius 2 is 2.04 bits per heavy atom. The molecule has 1 N–H and O–H groups in total. The zero-order valence-electron chi connectivity index (χ0n) is 13.7. The number of carbonyl (C=O) groups excluding carboxylic acids is 1. The van der Waals surface area contributed by atoms with Crippen LogP contribution in [0.2, 0.25) is 5.02 Å². The SMILES string of the molecule is COCCOc1c(Cl)cccc1NC(=O)N1C[C@@H](C)O[C@H](C)C1. The lowest BCUT2D eigenvalue weighted by atomic mass is 10.2. The second kappa shape index (κ2) is 8.38. The third-order valence-electron chi connectivity index (χ3n) is 3.45. The minimum atomic E-state index is -0.189. The average molecular weight is 343 g/mol. The molecule has 0 saturated carbocycles.